The van der Waals surface area contributed by atoms with E-state index in [9.17, 15) is 0 Å². The van der Waals surface area contributed by atoms with Crippen molar-refractivity contribution >= 4 is 40.5 Å². The predicted octanol–water partition coefficient (Wildman–Crippen LogP) is 12.9. The van der Waals surface area contributed by atoms with Crippen molar-refractivity contribution in [1.82, 2.24) is 4.57 Å². The van der Waals surface area contributed by atoms with Gasteiger partial charge >= 0.3 is 0 Å². The average Bonchev–Trinajstić information content (AvgIpc) is 3.56. The van der Waals surface area contributed by atoms with Gasteiger partial charge in [0.2, 0.25) is 0 Å². The summed E-state index contributed by atoms with van der Waals surface area (Å²) >= 11 is 3.99. The summed E-state index contributed by atoms with van der Waals surface area (Å²) in [5, 5.41) is 1.63. The van der Waals surface area contributed by atoms with Gasteiger partial charge in [-0.2, -0.15) is 0 Å². The quantitative estimate of drug-likeness (QED) is 0.181. The molecule has 4 unspecified atom stereocenters. The monoisotopic (exact) mass is 701 g/mol. The Morgan fingerprint density at radius 2 is 1.38 bits per heavy atom. The largest absolute Gasteiger partial charge is 0.312 e. The molecule has 4 aliphatic rings. The van der Waals surface area contributed by atoms with Crippen molar-refractivity contribution in [2.45, 2.75) is 37.7 Å². The molecule has 6 aromatic carbocycles. The first-order valence-corrected chi connectivity index (χ1v) is 20.0. The lowest BCUT2D eigenvalue weighted by atomic mass is 9.57. The summed E-state index contributed by atoms with van der Waals surface area (Å²) in [4.78, 5) is 4.12. The summed E-state index contributed by atoms with van der Waals surface area (Å²) < 4.78 is 2.55. The number of benzene rings is 6. The zero-order valence-electron chi connectivity index (χ0n) is 28.5. The molecule has 0 radical (unpaired) electrons. The van der Waals surface area contributed by atoms with Crippen LogP contribution in [0.15, 0.2) is 191 Å². The Kier molecular flexibility index (Phi) is 6.97. The van der Waals surface area contributed by atoms with Gasteiger partial charge in [0.05, 0.1) is 10.9 Å². The zero-order valence-corrected chi connectivity index (χ0v) is 30.2. The minimum absolute atomic E-state index is 0.169. The SMILES string of the molecule is C1=CC2Sc3ccc(-c4ccccc4)cc3C3(c4ccccc4Sc4cccc(C5CC=Cc6c5n(-c5ccccc5)c5ccccc65)c43)C2C=C1. The van der Waals surface area contributed by atoms with Crippen molar-refractivity contribution in [3.63, 3.8) is 0 Å². The third-order valence-electron chi connectivity index (χ3n) is 11.7. The Morgan fingerprint density at radius 3 is 2.29 bits per heavy atom. The van der Waals surface area contributed by atoms with Crippen molar-refractivity contribution in [2.24, 2.45) is 5.92 Å². The molecule has 0 bridgehead atoms. The number of rotatable bonds is 3. The third-order valence-corrected chi connectivity index (χ3v) is 14.1. The first kappa shape index (κ1) is 30.4. The summed E-state index contributed by atoms with van der Waals surface area (Å²) in [7, 11) is 0. The first-order chi connectivity index (χ1) is 25.8. The second-order valence-corrected chi connectivity index (χ2v) is 16.6. The van der Waals surface area contributed by atoms with E-state index in [0.29, 0.717) is 5.25 Å². The van der Waals surface area contributed by atoms with Crippen LogP contribution in [-0.4, -0.2) is 9.82 Å². The topological polar surface area (TPSA) is 4.93 Å². The molecule has 1 spiro atoms. The Bertz CT molecular complexity index is 2630. The molecule has 0 amide bonds. The maximum atomic E-state index is 2.55. The highest BCUT2D eigenvalue weighted by atomic mass is 32.2. The Balaban J connectivity index is 1.25. The smallest absolute Gasteiger partial charge is 0.0564 e. The van der Waals surface area contributed by atoms with E-state index in [1.54, 1.807) is 0 Å². The van der Waals surface area contributed by atoms with Crippen LogP contribution in [0.25, 0.3) is 33.8 Å². The van der Waals surface area contributed by atoms with Gasteiger partial charge in [-0.05, 0) is 82.3 Å². The number of fused-ring (bicyclic) bond motifs is 11. The van der Waals surface area contributed by atoms with E-state index in [2.05, 4.69) is 187 Å². The van der Waals surface area contributed by atoms with Gasteiger partial charge < -0.3 is 4.57 Å². The lowest BCUT2D eigenvalue weighted by Gasteiger charge is -2.52. The number of hydrogen-bond acceptors (Lipinski definition) is 2. The Labute approximate surface area is 313 Å². The molecule has 1 aromatic heterocycles. The standard InChI is InChI=1S/C49H35NS2/c1-3-15-32(16-4-1)33-29-30-45-41(31-33)49(39-23-8-11-26-43(39)51-45)40-24-9-12-27-44(40)52-46-28-14-20-36(47(46)49)38-22-13-21-37-35-19-7-10-25-42(35)50(48(37)38)34-17-5-2-6-18-34/h1-21,23-31,38-39,43H,22H2. The van der Waals surface area contributed by atoms with Crippen LogP contribution < -0.4 is 0 Å². The van der Waals surface area contributed by atoms with E-state index >= 15 is 0 Å². The maximum absolute atomic E-state index is 2.55. The molecule has 1 nitrogen and oxygen atoms in total. The van der Waals surface area contributed by atoms with Crippen molar-refractivity contribution in [3.05, 3.63) is 209 Å². The second-order valence-electron chi connectivity index (χ2n) is 14.3. The second kappa shape index (κ2) is 11.9. The molecule has 2 aliphatic carbocycles. The Hall–Kier alpha value is -5.22. The molecule has 7 aromatic rings. The number of para-hydroxylation sites is 2. The Morgan fingerprint density at radius 1 is 0.615 bits per heavy atom. The minimum atomic E-state index is -0.393. The third kappa shape index (κ3) is 4.33. The van der Waals surface area contributed by atoms with Gasteiger partial charge in [-0.1, -0.05) is 151 Å². The van der Waals surface area contributed by atoms with Gasteiger partial charge in [-0.15, -0.1) is 11.8 Å². The number of nitrogens with zero attached hydrogens (tertiary/aromatic N) is 1. The summed E-state index contributed by atoms with van der Waals surface area (Å²) in [6, 6.07) is 54.6. The van der Waals surface area contributed by atoms with Gasteiger partial charge in [-0.3, -0.25) is 0 Å². The number of aromatic nitrogens is 1. The fourth-order valence-corrected chi connectivity index (χ4v) is 12.3. The van der Waals surface area contributed by atoms with Crippen LogP contribution in [-0.2, 0) is 5.41 Å². The zero-order chi connectivity index (χ0) is 34.2. The van der Waals surface area contributed by atoms with E-state index in [-0.39, 0.29) is 11.8 Å². The minimum Gasteiger partial charge on any atom is -0.312 e. The van der Waals surface area contributed by atoms with Crippen molar-refractivity contribution < 1.29 is 0 Å². The molecule has 2 aliphatic heterocycles. The van der Waals surface area contributed by atoms with Gasteiger partial charge in [0.25, 0.3) is 0 Å². The highest BCUT2D eigenvalue weighted by Crippen LogP contribution is 2.65. The fourth-order valence-electron chi connectivity index (χ4n) is 9.64. The normalized spacial score (nSPS) is 22.0. The molecule has 0 saturated heterocycles. The number of allylic oxidation sites excluding steroid dienone is 4. The fraction of sp³-hybridized carbons (Fsp3) is 0.102. The lowest BCUT2D eigenvalue weighted by Crippen LogP contribution is -2.47. The van der Waals surface area contributed by atoms with Crippen LogP contribution in [0.3, 0.4) is 0 Å². The summed E-state index contributed by atoms with van der Waals surface area (Å²) in [6.45, 7) is 0. The number of hydrogen-bond donors (Lipinski definition) is 0. The van der Waals surface area contributed by atoms with Crippen LogP contribution in [0.4, 0.5) is 0 Å². The molecule has 11 rings (SSSR count). The van der Waals surface area contributed by atoms with Gasteiger partial charge in [-0.25, -0.2) is 0 Å². The van der Waals surface area contributed by atoms with Crippen LogP contribution in [0.1, 0.15) is 45.8 Å². The molecule has 52 heavy (non-hydrogen) atoms. The van der Waals surface area contributed by atoms with Gasteiger partial charge in [0, 0.05) is 54.1 Å². The molecule has 0 fully saturated rings. The maximum Gasteiger partial charge on any atom is 0.0564 e. The molecule has 4 atom stereocenters. The summed E-state index contributed by atoms with van der Waals surface area (Å²) in [5.41, 5.74) is 13.1. The summed E-state index contributed by atoms with van der Waals surface area (Å²) in [5.74, 6) is 0.406. The first-order valence-electron chi connectivity index (χ1n) is 18.3. The van der Waals surface area contributed by atoms with Crippen LogP contribution >= 0.6 is 23.5 Å². The highest BCUT2D eigenvalue weighted by Gasteiger charge is 2.55. The van der Waals surface area contributed by atoms with Crippen molar-refractivity contribution in [1.29, 1.82) is 0 Å². The summed E-state index contributed by atoms with van der Waals surface area (Å²) in [6.07, 6.45) is 15.3. The van der Waals surface area contributed by atoms with Crippen molar-refractivity contribution in [2.75, 3.05) is 0 Å². The van der Waals surface area contributed by atoms with Crippen LogP contribution in [0, 0.1) is 5.92 Å². The highest BCUT2D eigenvalue weighted by molar-refractivity contribution is 8.00. The van der Waals surface area contributed by atoms with Crippen molar-refractivity contribution in [3.8, 4) is 16.8 Å². The van der Waals surface area contributed by atoms with E-state index in [1.807, 2.05) is 23.5 Å². The lowest BCUT2D eigenvalue weighted by molar-refractivity contribution is 0.420. The van der Waals surface area contributed by atoms with E-state index in [1.165, 1.54) is 75.9 Å². The molecule has 0 saturated carbocycles. The average molecular weight is 702 g/mol. The molecule has 3 heterocycles. The van der Waals surface area contributed by atoms with Crippen LogP contribution in [0.2, 0.25) is 0 Å². The van der Waals surface area contributed by atoms with Gasteiger partial charge in [0.15, 0.2) is 0 Å². The predicted molar refractivity (Wildman–Crippen MR) is 219 cm³/mol. The molecule has 3 heteroatoms. The van der Waals surface area contributed by atoms with Crippen LogP contribution in [0.5, 0.6) is 0 Å². The number of thioether (sulfide) groups is 1. The molecule has 248 valence electrons. The molecular formula is C49H35NS2. The molecular weight excluding hydrogens is 667 g/mol. The molecule has 0 N–H and O–H groups in total. The van der Waals surface area contributed by atoms with Gasteiger partial charge in [0.1, 0.15) is 0 Å². The van der Waals surface area contributed by atoms with E-state index in [4.69, 9.17) is 0 Å². The van der Waals surface area contributed by atoms with E-state index < -0.39 is 5.41 Å². The van der Waals surface area contributed by atoms with E-state index in [0.717, 1.165) is 6.42 Å².